The van der Waals surface area contributed by atoms with Crippen LogP contribution in [0.15, 0.2) is 0 Å². The van der Waals surface area contributed by atoms with Crippen LogP contribution in [0.4, 0.5) is 0 Å². The smallest absolute Gasteiger partial charge is 0.323 e. The van der Waals surface area contributed by atoms with E-state index in [1.807, 2.05) is 13.8 Å². The number of nitrogens with zero attached hydrogens (tertiary/aromatic N) is 1. The number of rotatable bonds is 4. The van der Waals surface area contributed by atoms with Gasteiger partial charge in [-0.3, -0.25) is 9.59 Å². The average Bonchev–Trinajstić information content (AvgIpc) is 2.43. The van der Waals surface area contributed by atoms with Crippen LogP contribution in [0.2, 0.25) is 0 Å². The number of aliphatic carboxylic acids is 1. The lowest BCUT2D eigenvalue weighted by molar-refractivity contribution is -0.149. The fraction of sp³-hybridized carbons (Fsp3) is 0.875. The van der Waals surface area contributed by atoms with Gasteiger partial charge in [0, 0.05) is 12.0 Å². The minimum atomic E-state index is -0.918. The quantitative estimate of drug-likeness (QED) is 0.862. The lowest BCUT2D eigenvalue weighted by atomic mass is 9.67. The molecule has 20 heavy (non-hydrogen) atoms. The Balaban J connectivity index is 1.98. The van der Waals surface area contributed by atoms with Crippen LogP contribution in [0, 0.1) is 17.8 Å². The maximum atomic E-state index is 12.6. The molecule has 1 amide bonds. The number of hydrogen-bond donors (Lipinski definition) is 1. The van der Waals surface area contributed by atoms with Crippen molar-refractivity contribution in [1.82, 2.24) is 4.90 Å². The highest BCUT2D eigenvalue weighted by molar-refractivity contribution is 5.83. The standard InChI is InChI=1S/C16H27NO3/c1-11(2)17(10-15(18)19)16(20)14-8-7-12-5-3-4-6-13(12)9-14/h11-14H,3-10H2,1-2H3,(H,18,19). The maximum absolute atomic E-state index is 12.6. The van der Waals surface area contributed by atoms with E-state index in [4.69, 9.17) is 5.11 Å². The zero-order chi connectivity index (χ0) is 14.7. The molecule has 2 saturated carbocycles. The first kappa shape index (κ1) is 15.3. The van der Waals surface area contributed by atoms with E-state index in [1.54, 1.807) is 0 Å². The van der Waals surface area contributed by atoms with E-state index in [0.29, 0.717) is 5.92 Å². The Morgan fingerprint density at radius 2 is 1.75 bits per heavy atom. The molecule has 0 radical (unpaired) electrons. The first-order valence-corrected chi connectivity index (χ1v) is 8.01. The van der Waals surface area contributed by atoms with Gasteiger partial charge in [-0.05, 0) is 44.9 Å². The second-order valence-corrected chi connectivity index (χ2v) is 6.77. The van der Waals surface area contributed by atoms with Crippen molar-refractivity contribution in [2.45, 2.75) is 64.8 Å². The highest BCUT2D eigenvalue weighted by Gasteiger charge is 2.37. The summed E-state index contributed by atoms with van der Waals surface area (Å²) in [6, 6.07) is -0.0392. The number of amides is 1. The number of carboxylic acid groups (broad SMARTS) is 1. The van der Waals surface area contributed by atoms with Crippen molar-refractivity contribution in [3.8, 4) is 0 Å². The van der Waals surface area contributed by atoms with Crippen LogP contribution in [0.5, 0.6) is 0 Å². The summed E-state index contributed by atoms with van der Waals surface area (Å²) < 4.78 is 0. The number of fused-ring (bicyclic) bond motifs is 1. The Morgan fingerprint density at radius 1 is 1.10 bits per heavy atom. The van der Waals surface area contributed by atoms with E-state index in [-0.39, 0.29) is 24.4 Å². The van der Waals surface area contributed by atoms with Crippen LogP contribution in [-0.4, -0.2) is 34.5 Å². The summed E-state index contributed by atoms with van der Waals surface area (Å²) in [5.74, 6) is 0.714. The highest BCUT2D eigenvalue weighted by atomic mass is 16.4. The van der Waals surface area contributed by atoms with Gasteiger partial charge in [0.15, 0.2) is 0 Å². The van der Waals surface area contributed by atoms with Crippen LogP contribution < -0.4 is 0 Å². The molecule has 4 nitrogen and oxygen atoms in total. The summed E-state index contributed by atoms with van der Waals surface area (Å²) >= 11 is 0. The van der Waals surface area contributed by atoms with Gasteiger partial charge in [-0.15, -0.1) is 0 Å². The second-order valence-electron chi connectivity index (χ2n) is 6.77. The molecule has 0 aromatic rings. The summed E-state index contributed by atoms with van der Waals surface area (Å²) in [4.78, 5) is 25.1. The van der Waals surface area contributed by atoms with Gasteiger partial charge in [0.1, 0.15) is 6.54 Å². The third-order valence-corrected chi connectivity index (χ3v) is 5.10. The predicted octanol–water partition coefficient (Wildman–Crippen LogP) is 2.91. The molecule has 1 N–H and O–H groups in total. The number of carbonyl (C=O) groups is 2. The van der Waals surface area contributed by atoms with Crippen molar-refractivity contribution in [2.24, 2.45) is 17.8 Å². The van der Waals surface area contributed by atoms with Crippen molar-refractivity contribution in [3.05, 3.63) is 0 Å². The van der Waals surface area contributed by atoms with Crippen molar-refractivity contribution < 1.29 is 14.7 Å². The zero-order valence-corrected chi connectivity index (χ0v) is 12.7. The van der Waals surface area contributed by atoms with Crippen molar-refractivity contribution in [3.63, 3.8) is 0 Å². The molecular formula is C16H27NO3. The molecule has 2 aliphatic carbocycles. The molecule has 114 valence electrons. The normalized spacial score (nSPS) is 29.9. The third kappa shape index (κ3) is 3.53. The molecular weight excluding hydrogens is 254 g/mol. The Kier molecular flexibility index (Phi) is 5.06. The average molecular weight is 281 g/mol. The molecule has 3 unspecified atom stereocenters. The van der Waals surface area contributed by atoms with Crippen molar-refractivity contribution >= 4 is 11.9 Å². The summed E-state index contributed by atoms with van der Waals surface area (Å²) in [6.45, 7) is 3.63. The number of hydrogen-bond acceptors (Lipinski definition) is 2. The van der Waals surface area contributed by atoms with E-state index in [1.165, 1.54) is 30.6 Å². The van der Waals surface area contributed by atoms with E-state index < -0.39 is 5.97 Å². The Labute approximate surface area is 121 Å². The van der Waals surface area contributed by atoms with Crippen molar-refractivity contribution in [1.29, 1.82) is 0 Å². The summed E-state index contributed by atoms with van der Waals surface area (Å²) in [5.41, 5.74) is 0. The first-order chi connectivity index (χ1) is 9.49. The van der Waals surface area contributed by atoms with Gasteiger partial charge in [-0.1, -0.05) is 25.7 Å². The maximum Gasteiger partial charge on any atom is 0.323 e. The van der Waals surface area contributed by atoms with E-state index in [0.717, 1.165) is 25.2 Å². The molecule has 2 aliphatic rings. The number of carboxylic acids is 1. The van der Waals surface area contributed by atoms with Gasteiger partial charge >= 0.3 is 5.97 Å². The molecule has 0 heterocycles. The lowest BCUT2D eigenvalue weighted by Crippen LogP contribution is -2.45. The first-order valence-electron chi connectivity index (χ1n) is 8.01. The highest BCUT2D eigenvalue weighted by Crippen LogP contribution is 2.43. The minimum absolute atomic E-state index is 0.0392. The molecule has 0 aromatic heterocycles. The van der Waals surface area contributed by atoms with Gasteiger partial charge in [0.25, 0.3) is 0 Å². The summed E-state index contributed by atoms with van der Waals surface area (Å²) in [6.07, 6.45) is 8.31. The molecule has 0 bridgehead atoms. The van der Waals surface area contributed by atoms with Gasteiger partial charge in [0.05, 0.1) is 0 Å². The summed E-state index contributed by atoms with van der Waals surface area (Å²) in [5, 5.41) is 8.97. The molecule has 3 atom stereocenters. The van der Waals surface area contributed by atoms with Crippen LogP contribution in [0.3, 0.4) is 0 Å². The summed E-state index contributed by atoms with van der Waals surface area (Å²) in [7, 11) is 0. The fourth-order valence-electron chi connectivity index (χ4n) is 3.99. The SMILES string of the molecule is CC(C)N(CC(=O)O)C(=O)C1CCC2CCCCC2C1. The number of carbonyl (C=O) groups excluding carboxylic acids is 1. The predicted molar refractivity (Wildman–Crippen MR) is 77.3 cm³/mol. The molecule has 0 spiro atoms. The second kappa shape index (κ2) is 6.59. The van der Waals surface area contributed by atoms with Gasteiger partial charge in [0.2, 0.25) is 5.91 Å². The lowest BCUT2D eigenvalue weighted by Gasteiger charge is -2.40. The monoisotopic (exact) mass is 281 g/mol. The molecule has 4 heteroatoms. The minimum Gasteiger partial charge on any atom is -0.480 e. The molecule has 2 rings (SSSR count). The molecule has 2 fully saturated rings. The van der Waals surface area contributed by atoms with Gasteiger partial charge < -0.3 is 10.0 Å². The van der Waals surface area contributed by atoms with Crippen molar-refractivity contribution in [2.75, 3.05) is 6.54 Å². The molecule has 0 aliphatic heterocycles. The van der Waals surface area contributed by atoms with E-state index >= 15 is 0 Å². The molecule has 0 aromatic carbocycles. The van der Waals surface area contributed by atoms with Crippen LogP contribution >= 0.6 is 0 Å². The van der Waals surface area contributed by atoms with Crippen LogP contribution in [0.1, 0.15) is 58.8 Å². The van der Waals surface area contributed by atoms with E-state index in [9.17, 15) is 9.59 Å². The van der Waals surface area contributed by atoms with Crippen LogP contribution in [-0.2, 0) is 9.59 Å². The van der Waals surface area contributed by atoms with Gasteiger partial charge in [-0.25, -0.2) is 0 Å². The largest absolute Gasteiger partial charge is 0.480 e. The van der Waals surface area contributed by atoms with Gasteiger partial charge in [-0.2, -0.15) is 0 Å². The topological polar surface area (TPSA) is 57.6 Å². The Hall–Kier alpha value is -1.06. The van der Waals surface area contributed by atoms with Crippen LogP contribution in [0.25, 0.3) is 0 Å². The Morgan fingerprint density at radius 3 is 2.35 bits per heavy atom. The van der Waals surface area contributed by atoms with E-state index in [2.05, 4.69) is 0 Å². The Bertz CT molecular complexity index is 367. The fourth-order valence-corrected chi connectivity index (χ4v) is 3.99. The zero-order valence-electron chi connectivity index (χ0n) is 12.7. The third-order valence-electron chi connectivity index (χ3n) is 5.10. The molecule has 0 saturated heterocycles.